The van der Waals surface area contributed by atoms with Crippen LogP contribution in [0.3, 0.4) is 0 Å². The summed E-state index contributed by atoms with van der Waals surface area (Å²) in [6.07, 6.45) is 4.38. The number of aryl methyl sites for hydroxylation is 2. The summed E-state index contributed by atoms with van der Waals surface area (Å²) in [4.78, 5) is 18.7. The molecule has 6 nitrogen and oxygen atoms in total. The molecule has 0 unspecified atom stereocenters. The van der Waals surface area contributed by atoms with Gasteiger partial charge in [0.05, 0.1) is 24.5 Å². The zero-order valence-electron chi connectivity index (χ0n) is 12.0. The molecule has 2 aliphatic rings. The van der Waals surface area contributed by atoms with Crippen molar-refractivity contribution in [3.63, 3.8) is 0 Å². The van der Waals surface area contributed by atoms with Crippen molar-refractivity contribution in [3.8, 4) is 0 Å². The van der Waals surface area contributed by atoms with Gasteiger partial charge in [0.15, 0.2) is 0 Å². The van der Waals surface area contributed by atoms with E-state index in [0.29, 0.717) is 13.2 Å². The smallest absolute Gasteiger partial charge is 0.253 e. The maximum Gasteiger partial charge on any atom is 0.253 e. The quantitative estimate of drug-likeness (QED) is 0.818. The average Bonchev–Trinajstić information content (AvgIpc) is 3.08. The number of aromatic nitrogens is 3. The van der Waals surface area contributed by atoms with Crippen LogP contribution in [0.25, 0.3) is 0 Å². The van der Waals surface area contributed by atoms with Crippen molar-refractivity contribution >= 4 is 5.91 Å². The van der Waals surface area contributed by atoms with Crippen molar-refractivity contribution in [1.82, 2.24) is 19.7 Å². The molecule has 1 saturated heterocycles. The van der Waals surface area contributed by atoms with Crippen LogP contribution in [0.5, 0.6) is 0 Å². The number of amides is 1. The summed E-state index contributed by atoms with van der Waals surface area (Å²) in [7, 11) is 0. The lowest BCUT2D eigenvalue weighted by molar-refractivity contribution is -0.128. The number of carbonyl (C=O) groups is 1. The van der Waals surface area contributed by atoms with E-state index in [2.05, 4.69) is 10.1 Å². The number of ether oxygens (including phenoxy) is 1. The Balaban J connectivity index is 1.73. The van der Waals surface area contributed by atoms with Crippen LogP contribution in [-0.4, -0.2) is 45.3 Å². The number of likely N-dealkylation sites (tertiary alicyclic amines) is 1. The molecular weight excluding hydrogens is 256 g/mol. The highest BCUT2D eigenvalue weighted by molar-refractivity contribution is 5.93. The van der Waals surface area contributed by atoms with E-state index in [4.69, 9.17) is 4.74 Å². The minimum atomic E-state index is 0.113. The summed E-state index contributed by atoms with van der Waals surface area (Å²) in [6.45, 7) is 6.02. The van der Waals surface area contributed by atoms with E-state index >= 15 is 0 Å². The van der Waals surface area contributed by atoms with Gasteiger partial charge in [0.25, 0.3) is 5.91 Å². The third kappa shape index (κ3) is 2.42. The fraction of sp³-hybridized carbons (Fsp3) is 0.643. The van der Waals surface area contributed by atoms with Gasteiger partial charge in [-0.2, -0.15) is 5.10 Å². The summed E-state index contributed by atoms with van der Waals surface area (Å²) in [5, 5.41) is 4.45. The molecule has 3 heterocycles. The standard InChI is InChI=1S/C14H20N4O2/c1-10-15-11(2)18(16-10)13-4-3-6-17(8-13)14(19)12-5-7-20-9-12/h9,13H,3-8H2,1-2H3/t13-/m1/s1. The normalized spacial score (nSPS) is 22.6. The Labute approximate surface area is 118 Å². The van der Waals surface area contributed by atoms with Crippen molar-refractivity contribution in [1.29, 1.82) is 0 Å². The predicted octanol–water partition coefficient (Wildman–Crippen LogP) is 1.36. The van der Waals surface area contributed by atoms with Gasteiger partial charge >= 0.3 is 0 Å². The number of hydrogen-bond donors (Lipinski definition) is 0. The van der Waals surface area contributed by atoms with Gasteiger partial charge in [-0.25, -0.2) is 9.67 Å². The van der Waals surface area contributed by atoms with Gasteiger partial charge in [0, 0.05) is 19.5 Å². The SMILES string of the molecule is Cc1nc(C)n([C@@H]2CCCN(C(=O)C3=COCC3)C2)n1. The van der Waals surface area contributed by atoms with E-state index in [9.17, 15) is 4.79 Å². The van der Waals surface area contributed by atoms with Crippen LogP contribution < -0.4 is 0 Å². The second-order valence-electron chi connectivity index (χ2n) is 5.46. The van der Waals surface area contributed by atoms with Gasteiger partial charge in [-0.1, -0.05) is 0 Å². The molecule has 1 aromatic rings. The van der Waals surface area contributed by atoms with Crippen LogP contribution in [0, 0.1) is 13.8 Å². The Morgan fingerprint density at radius 1 is 1.45 bits per heavy atom. The first-order chi connectivity index (χ1) is 9.65. The number of carbonyl (C=O) groups excluding carboxylic acids is 1. The second-order valence-corrected chi connectivity index (χ2v) is 5.46. The van der Waals surface area contributed by atoms with Crippen molar-refractivity contribution in [2.75, 3.05) is 19.7 Å². The first-order valence-electron chi connectivity index (χ1n) is 7.15. The van der Waals surface area contributed by atoms with Gasteiger partial charge < -0.3 is 9.64 Å². The summed E-state index contributed by atoms with van der Waals surface area (Å²) in [5.41, 5.74) is 0.789. The Morgan fingerprint density at radius 3 is 2.95 bits per heavy atom. The first kappa shape index (κ1) is 13.1. The molecule has 1 atom stereocenters. The zero-order chi connectivity index (χ0) is 14.1. The molecule has 1 aromatic heterocycles. The fourth-order valence-corrected chi connectivity index (χ4v) is 2.97. The predicted molar refractivity (Wildman–Crippen MR) is 73.0 cm³/mol. The summed E-state index contributed by atoms with van der Waals surface area (Å²) < 4.78 is 7.13. The first-order valence-corrected chi connectivity index (χ1v) is 7.15. The molecule has 0 aliphatic carbocycles. The topological polar surface area (TPSA) is 60.2 Å². The molecule has 3 rings (SSSR count). The highest BCUT2D eigenvalue weighted by atomic mass is 16.5. The summed E-state index contributed by atoms with van der Waals surface area (Å²) in [5.74, 6) is 1.82. The van der Waals surface area contributed by atoms with Crippen LogP contribution in [-0.2, 0) is 9.53 Å². The van der Waals surface area contributed by atoms with Gasteiger partial charge in [-0.05, 0) is 26.7 Å². The van der Waals surface area contributed by atoms with E-state index < -0.39 is 0 Å². The van der Waals surface area contributed by atoms with Crippen molar-refractivity contribution in [3.05, 3.63) is 23.5 Å². The molecule has 0 spiro atoms. The maximum absolute atomic E-state index is 12.4. The third-order valence-electron chi connectivity index (χ3n) is 3.93. The molecule has 108 valence electrons. The van der Waals surface area contributed by atoms with Crippen LogP contribution in [0.1, 0.15) is 37.0 Å². The van der Waals surface area contributed by atoms with Crippen LogP contribution >= 0.6 is 0 Å². The number of nitrogens with zero attached hydrogens (tertiary/aromatic N) is 4. The van der Waals surface area contributed by atoms with Gasteiger partial charge in [-0.3, -0.25) is 4.79 Å². The average molecular weight is 276 g/mol. The van der Waals surface area contributed by atoms with Gasteiger partial charge in [-0.15, -0.1) is 0 Å². The molecule has 0 saturated carbocycles. The van der Waals surface area contributed by atoms with Crippen LogP contribution in [0.4, 0.5) is 0 Å². The molecule has 1 fully saturated rings. The highest BCUT2D eigenvalue weighted by Crippen LogP contribution is 2.24. The number of hydrogen-bond acceptors (Lipinski definition) is 4. The minimum absolute atomic E-state index is 0.113. The molecule has 0 radical (unpaired) electrons. The van der Waals surface area contributed by atoms with E-state index in [1.54, 1.807) is 6.26 Å². The van der Waals surface area contributed by atoms with E-state index in [-0.39, 0.29) is 11.9 Å². The van der Waals surface area contributed by atoms with E-state index in [1.165, 1.54) is 0 Å². The fourth-order valence-electron chi connectivity index (χ4n) is 2.97. The lowest BCUT2D eigenvalue weighted by Gasteiger charge is -2.33. The van der Waals surface area contributed by atoms with Gasteiger partial charge in [0.2, 0.25) is 0 Å². The Hall–Kier alpha value is -1.85. The van der Waals surface area contributed by atoms with Crippen molar-refractivity contribution in [2.24, 2.45) is 0 Å². The monoisotopic (exact) mass is 276 g/mol. The lowest BCUT2D eigenvalue weighted by Crippen LogP contribution is -2.41. The second kappa shape index (κ2) is 5.26. The molecule has 0 aromatic carbocycles. The Kier molecular flexibility index (Phi) is 3.46. The Bertz CT molecular complexity index is 549. The molecule has 6 heteroatoms. The highest BCUT2D eigenvalue weighted by Gasteiger charge is 2.29. The molecule has 0 N–H and O–H groups in total. The maximum atomic E-state index is 12.4. The summed E-state index contributed by atoms with van der Waals surface area (Å²) >= 11 is 0. The molecule has 0 bridgehead atoms. The van der Waals surface area contributed by atoms with E-state index in [1.807, 2.05) is 23.4 Å². The van der Waals surface area contributed by atoms with E-state index in [0.717, 1.165) is 43.0 Å². The largest absolute Gasteiger partial charge is 0.500 e. The van der Waals surface area contributed by atoms with Crippen molar-refractivity contribution < 1.29 is 9.53 Å². The lowest BCUT2D eigenvalue weighted by atomic mass is 10.0. The zero-order valence-corrected chi connectivity index (χ0v) is 12.0. The Morgan fingerprint density at radius 2 is 2.30 bits per heavy atom. The third-order valence-corrected chi connectivity index (χ3v) is 3.93. The van der Waals surface area contributed by atoms with Crippen LogP contribution in [0.2, 0.25) is 0 Å². The van der Waals surface area contributed by atoms with Crippen LogP contribution in [0.15, 0.2) is 11.8 Å². The molecule has 20 heavy (non-hydrogen) atoms. The van der Waals surface area contributed by atoms with Gasteiger partial charge in [0.1, 0.15) is 11.6 Å². The minimum Gasteiger partial charge on any atom is -0.500 e. The van der Waals surface area contributed by atoms with Crippen molar-refractivity contribution in [2.45, 2.75) is 39.2 Å². The number of piperidine rings is 1. The molecule has 2 aliphatic heterocycles. The summed E-state index contributed by atoms with van der Waals surface area (Å²) in [6, 6.07) is 0.233. The number of rotatable bonds is 2. The molecule has 1 amide bonds. The molecular formula is C14H20N4O2.